The molecule has 56 heavy (non-hydrogen) atoms. The number of hydrogen-bond donors (Lipinski definition) is 0. The average Bonchev–Trinajstić information content (AvgIpc) is 3.79. The van der Waals surface area contributed by atoms with Gasteiger partial charge in [-0.05, 0) is 70.8 Å². The van der Waals surface area contributed by atoms with Gasteiger partial charge in [-0.1, -0.05) is 158 Å². The molecule has 0 atom stereocenters. The minimum absolute atomic E-state index is 0.646. The zero-order valence-electron chi connectivity index (χ0n) is 30.4. The van der Waals surface area contributed by atoms with Crippen molar-refractivity contribution in [1.82, 2.24) is 19.1 Å². The normalized spacial score (nSPS) is 11.6. The van der Waals surface area contributed by atoms with Crippen LogP contribution in [0.4, 0.5) is 0 Å². The van der Waals surface area contributed by atoms with E-state index in [1.54, 1.807) is 0 Å². The van der Waals surface area contributed by atoms with E-state index in [0.29, 0.717) is 5.95 Å². The molecule has 8 aromatic carbocycles. The standard InChI is InChI=1S/C52H34N4/c1-4-14-37(15-5-1)46-34-47(38-16-6-2-7-17-38)54-52(53-46)56-49-23-13-10-20-42(49)44-30-28-40(33-51(44)56)36-26-24-35(25-27-36)39-29-31-50-45(32-39)43-21-11-12-22-48(43)55(50)41-18-8-3-9-19-41/h1-34H. The number of para-hydroxylation sites is 3. The van der Waals surface area contributed by atoms with Crippen LogP contribution in [0, 0.1) is 0 Å². The van der Waals surface area contributed by atoms with Crippen molar-refractivity contribution >= 4 is 43.6 Å². The zero-order chi connectivity index (χ0) is 37.0. The van der Waals surface area contributed by atoms with Crippen molar-refractivity contribution in [3.05, 3.63) is 206 Å². The van der Waals surface area contributed by atoms with Gasteiger partial charge >= 0.3 is 0 Å². The van der Waals surface area contributed by atoms with Gasteiger partial charge in [0.15, 0.2) is 0 Å². The first-order valence-electron chi connectivity index (χ1n) is 19.0. The van der Waals surface area contributed by atoms with Crippen molar-refractivity contribution in [2.24, 2.45) is 0 Å². The highest BCUT2D eigenvalue weighted by atomic mass is 15.2. The highest BCUT2D eigenvalue weighted by Gasteiger charge is 2.18. The molecule has 0 N–H and O–H groups in total. The molecule has 0 saturated carbocycles. The molecule has 0 fully saturated rings. The van der Waals surface area contributed by atoms with Crippen molar-refractivity contribution in [2.75, 3.05) is 0 Å². The van der Waals surface area contributed by atoms with Crippen LogP contribution in [0.25, 0.3) is 100 Å². The number of aromatic nitrogens is 4. The van der Waals surface area contributed by atoms with E-state index < -0.39 is 0 Å². The molecule has 0 spiro atoms. The Labute approximate surface area is 324 Å². The highest BCUT2D eigenvalue weighted by Crippen LogP contribution is 2.38. The maximum absolute atomic E-state index is 5.23. The van der Waals surface area contributed by atoms with Crippen LogP contribution in [0.5, 0.6) is 0 Å². The molecule has 4 heteroatoms. The van der Waals surface area contributed by atoms with Gasteiger partial charge in [0.2, 0.25) is 5.95 Å². The first-order chi connectivity index (χ1) is 27.8. The van der Waals surface area contributed by atoms with Crippen LogP contribution in [-0.4, -0.2) is 19.1 Å². The monoisotopic (exact) mass is 714 g/mol. The summed E-state index contributed by atoms with van der Waals surface area (Å²) in [5.41, 5.74) is 14.3. The van der Waals surface area contributed by atoms with Crippen molar-refractivity contribution in [2.45, 2.75) is 0 Å². The van der Waals surface area contributed by atoms with Crippen molar-refractivity contribution in [3.8, 4) is 56.4 Å². The Kier molecular flexibility index (Phi) is 7.46. The summed E-state index contributed by atoms with van der Waals surface area (Å²) in [6.45, 7) is 0. The molecule has 262 valence electrons. The van der Waals surface area contributed by atoms with Gasteiger partial charge in [0.1, 0.15) is 0 Å². The molecule has 3 heterocycles. The molecule has 3 aromatic heterocycles. The number of fused-ring (bicyclic) bond motifs is 6. The first kappa shape index (κ1) is 31.9. The van der Waals surface area contributed by atoms with Gasteiger partial charge in [-0.3, -0.25) is 4.57 Å². The smallest absolute Gasteiger partial charge is 0.235 e. The molecule has 0 amide bonds. The molecule has 0 bridgehead atoms. The third kappa shape index (κ3) is 5.31. The first-order valence-corrected chi connectivity index (χ1v) is 19.0. The molecule has 0 aliphatic rings. The Hall–Kier alpha value is -7.56. The van der Waals surface area contributed by atoms with E-state index in [2.05, 4.69) is 203 Å². The van der Waals surface area contributed by atoms with Gasteiger partial charge in [0.25, 0.3) is 0 Å². The summed E-state index contributed by atoms with van der Waals surface area (Å²) in [4.78, 5) is 10.5. The van der Waals surface area contributed by atoms with E-state index in [0.717, 1.165) is 44.7 Å². The minimum atomic E-state index is 0.646. The fourth-order valence-corrected chi connectivity index (χ4v) is 8.28. The second kappa shape index (κ2) is 13.1. The fraction of sp³-hybridized carbons (Fsp3) is 0. The molecule has 0 aliphatic carbocycles. The van der Waals surface area contributed by atoms with Crippen molar-refractivity contribution in [3.63, 3.8) is 0 Å². The summed E-state index contributed by atoms with van der Waals surface area (Å²) < 4.78 is 4.58. The number of nitrogens with zero attached hydrogens (tertiary/aromatic N) is 4. The van der Waals surface area contributed by atoms with E-state index in [9.17, 15) is 0 Å². The Balaban J connectivity index is 1.02. The average molecular weight is 715 g/mol. The SMILES string of the molecule is c1ccc(-c2cc(-c3ccccc3)nc(-n3c4ccccc4c4ccc(-c5ccc(-c6ccc7c(c6)c6ccccc6n7-c6ccccc6)cc5)cc43)n2)cc1. The third-order valence-corrected chi connectivity index (χ3v) is 11.0. The third-order valence-electron chi connectivity index (χ3n) is 11.0. The molecular formula is C52H34N4. The molecule has 11 rings (SSSR count). The Morgan fingerprint density at radius 2 is 0.714 bits per heavy atom. The number of benzene rings is 8. The lowest BCUT2D eigenvalue weighted by molar-refractivity contribution is 0.996. The topological polar surface area (TPSA) is 35.6 Å². The summed E-state index contributed by atoms with van der Waals surface area (Å²) >= 11 is 0. The Bertz CT molecular complexity index is 3160. The lowest BCUT2D eigenvalue weighted by Gasteiger charge is -2.12. The summed E-state index contributed by atoms with van der Waals surface area (Å²) in [7, 11) is 0. The van der Waals surface area contributed by atoms with Crippen LogP contribution in [0.1, 0.15) is 0 Å². The quantitative estimate of drug-likeness (QED) is 0.172. The second-order valence-electron chi connectivity index (χ2n) is 14.3. The van der Waals surface area contributed by atoms with Crippen LogP contribution in [-0.2, 0) is 0 Å². The summed E-state index contributed by atoms with van der Waals surface area (Å²) in [5.74, 6) is 0.646. The molecule has 11 aromatic rings. The minimum Gasteiger partial charge on any atom is -0.309 e. The van der Waals surface area contributed by atoms with Crippen LogP contribution >= 0.6 is 0 Å². The lowest BCUT2D eigenvalue weighted by atomic mass is 9.98. The van der Waals surface area contributed by atoms with Gasteiger partial charge in [-0.15, -0.1) is 0 Å². The van der Waals surface area contributed by atoms with Gasteiger partial charge in [0.05, 0.1) is 33.5 Å². The van der Waals surface area contributed by atoms with Crippen LogP contribution in [0.3, 0.4) is 0 Å². The molecule has 0 aliphatic heterocycles. The van der Waals surface area contributed by atoms with Crippen LogP contribution in [0.2, 0.25) is 0 Å². The Morgan fingerprint density at radius 1 is 0.268 bits per heavy atom. The maximum atomic E-state index is 5.23. The molecule has 0 radical (unpaired) electrons. The van der Waals surface area contributed by atoms with E-state index in [4.69, 9.17) is 9.97 Å². The molecule has 0 saturated heterocycles. The summed E-state index contributed by atoms with van der Waals surface area (Å²) in [5, 5.41) is 4.84. The van der Waals surface area contributed by atoms with Gasteiger partial charge in [0, 0.05) is 38.4 Å². The number of hydrogen-bond acceptors (Lipinski definition) is 2. The Morgan fingerprint density at radius 3 is 1.34 bits per heavy atom. The zero-order valence-corrected chi connectivity index (χ0v) is 30.4. The van der Waals surface area contributed by atoms with E-state index in [1.165, 1.54) is 49.4 Å². The molecule has 4 nitrogen and oxygen atoms in total. The number of rotatable bonds is 6. The maximum Gasteiger partial charge on any atom is 0.235 e. The van der Waals surface area contributed by atoms with Crippen molar-refractivity contribution in [1.29, 1.82) is 0 Å². The highest BCUT2D eigenvalue weighted by molar-refractivity contribution is 6.11. The predicted octanol–water partition coefficient (Wildman–Crippen LogP) is 13.3. The van der Waals surface area contributed by atoms with Gasteiger partial charge < -0.3 is 4.57 Å². The molecular weight excluding hydrogens is 681 g/mol. The summed E-state index contributed by atoms with van der Waals surface area (Å²) in [6.07, 6.45) is 0. The van der Waals surface area contributed by atoms with Gasteiger partial charge in [-0.25, -0.2) is 9.97 Å². The second-order valence-corrected chi connectivity index (χ2v) is 14.3. The van der Waals surface area contributed by atoms with Crippen molar-refractivity contribution < 1.29 is 0 Å². The molecule has 0 unspecified atom stereocenters. The predicted molar refractivity (Wildman–Crippen MR) is 232 cm³/mol. The largest absolute Gasteiger partial charge is 0.309 e. The van der Waals surface area contributed by atoms with E-state index in [-0.39, 0.29) is 0 Å². The van der Waals surface area contributed by atoms with Crippen LogP contribution in [0.15, 0.2) is 206 Å². The lowest BCUT2D eigenvalue weighted by Crippen LogP contribution is -2.04. The van der Waals surface area contributed by atoms with Crippen LogP contribution < -0.4 is 0 Å². The van der Waals surface area contributed by atoms with E-state index in [1.807, 2.05) is 12.1 Å². The van der Waals surface area contributed by atoms with Gasteiger partial charge in [-0.2, -0.15) is 0 Å². The van der Waals surface area contributed by atoms with E-state index >= 15 is 0 Å². The fourth-order valence-electron chi connectivity index (χ4n) is 8.28. The summed E-state index contributed by atoms with van der Waals surface area (Å²) in [6, 6.07) is 73.2.